The lowest BCUT2D eigenvalue weighted by molar-refractivity contribution is -0.146. The fourth-order valence-corrected chi connectivity index (χ4v) is 2.54. The van der Waals surface area contributed by atoms with Crippen LogP contribution in [0.5, 0.6) is 0 Å². The molecule has 0 aliphatic heterocycles. The molecular weight excluding hydrogens is 192 g/mol. The van der Waals surface area contributed by atoms with Crippen LogP contribution in [0, 0.1) is 10.8 Å². The highest BCUT2D eigenvalue weighted by atomic mass is 16.5. The van der Waals surface area contributed by atoms with E-state index in [1.165, 1.54) is 6.92 Å². The van der Waals surface area contributed by atoms with Crippen LogP contribution < -0.4 is 0 Å². The number of hydrogen-bond acceptors (Lipinski definition) is 3. The van der Waals surface area contributed by atoms with Crippen LogP contribution in [0.3, 0.4) is 0 Å². The Morgan fingerprint density at radius 3 is 2.00 bits per heavy atom. The van der Waals surface area contributed by atoms with Gasteiger partial charge in [-0.25, -0.2) is 0 Å². The first-order chi connectivity index (χ1) is 6.69. The van der Waals surface area contributed by atoms with Crippen LogP contribution in [-0.4, -0.2) is 17.9 Å². The van der Waals surface area contributed by atoms with Gasteiger partial charge in [0.25, 0.3) is 0 Å². The maximum atomic E-state index is 11.7. The van der Waals surface area contributed by atoms with E-state index in [2.05, 4.69) is 13.8 Å². The van der Waals surface area contributed by atoms with E-state index < -0.39 is 0 Å². The molecule has 0 N–H and O–H groups in total. The van der Waals surface area contributed by atoms with Gasteiger partial charge in [-0.05, 0) is 25.2 Å². The quantitative estimate of drug-likeness (QED) is 0.660. The van der Waals surface area contributed by atoms with E-state index in [1.807, 2.05) is 6.92 Å². The van der Waals surface area contributed by atoms with E-state index in [0.717, 1.165) is 6.42 Å². The summed E-state index contributed by atoms with van der Waals surface area (Å²) in [7, 11) is 0. The van der Waals surface area contributed by atoms with Gasteiger partial charge in [-0.15, -0.1) is 0 Å². The van der Waals surface area contributed by atoms with Crippen molar-refractivity contribution in [3.05, 3.63) is 0 Å². The highest BCUT2D eigenvalue weighted by Crippen LogP contribution is 2.53. The van der Waals surface area contributed by atoms with Gasteiger partial charge in [0.1, 0.15) is 11.9 Å². The van der Waals surface area contributed by atoms with Crippen molar-refractivity contribution in [3.63, 3.8) is 0 Å². The van der Waals surface area contributed by atoms with Crippen molar-refractivity contribution in [1.29, 1.82) is 0 Å². The predicted octanol–water partition coefficient (Wildman–Crippen LogP) is 2.33. The number of carbonyl (C=O) groups excluding carboxylic acids is 2. The maximum Gasteiger partial charge on any atom is 0.302 e. The Balaban J connectivity index is 2.85. The summed E-state index contributed by atoms with van der Waals surface area (Å²) in [6, 6.07) is 0. The molecule has 0 aromatic carbocycles. The van der Waals surface area contributed by atoms with Gasteiger partial charge in [-0.2, -0.15) is 0 Å². The fourth-order valence-electron chi connectivity index (χ4n) is 2.54. The molecule has 0 aromatic heterocycles. The van der Waals surface area contributed by atoms with Crippen molar-refractivity contribution in [2.75, 3.05) is 0 Å². The third-order valence-corrected chi connectivity index (χ3v) is 3.98. The summed E-state index contributed by atoms with van der Waals surface area (Å²) in [5, 5.41) is 0. The second kappa shape index (κ2) is 3.62. The first-order valence-corrected chi connectivity index (χ1v) is 5.37. The molecule has 1 saturated carbocycles. The van der Waals surface area contributed by atoms with Crippen LogP contribution in [-0.2, 0) is 14.3 Å². The summed E-state index contributed by atoms with van der Waals surface area (Å²) in [6.07, 6.45) is 1.31. The molecule has 1 fully saturated rings. The summed E-state index contributed by atoms with van der Waals surface area (Å²) in [6.45, 7) is 9.14. The Labute approximate surface area is 91.2 Å². The summed E-state index contributed by atoms with van der Waals surface area (Å²) < 4.78 is 5.20. The second-order valence-corrected chi connectivity index (χ2v) is 5.41. The van der Waals surface area contributed by atoms with Gasteiger partial charge < -0.3 is 4.74 Å². The third-order valence-electron chi connectivity index (χ3n) is 3.98. The minimum absolute atomic E-state index is 0.0983. The zero-order chi connectivity index (χ0) is 11.9. The minimum atomic E-state index is -0.368. The normalized spacial score (nSPS) is 33.8. The lowest BCUT2D eigenvalue weighted by atomic mass is 9.67. The molecule has 0 bridgehead atoms. The maximum absolute atomic E-state index is 11.7. The standard InChI is InChI=1S/C12H20O3/c1-8(13)12(5)7-10(15-9(2)14)6-11(12,3)4/h10H,6-7H2,1-5H3/t10-,12+/m1/s1. The molecule has 86 valence electrons. The number of esters is 1. The number of hydrogen-bond donors (Lipinski definition) is 0. The van der Waals surface area contributed by atoms with Crippen molar-refractivity contribution in [2.24, 2.45) is 10.8 Å². The molecule has 1 aliphatic carbocycles. The topological polar surface area (TPSA) is 43.4 Å². The Morgan fingerprint density at radius 1 is 1.13 bits per heavy atom. The van der Waals surface area contributed by atoms with Crippen molar-refractivity contribution in [2.45, 2.75) is 53.6 Å². The van der Waals surface area contributed by atoms with Gasteiger partial charge in [0.15, 0.2) is 0 Å². The SMILES string of the molecule is CC(=O)O[C@@H]1CC(C)(C)[C@](C)(C(C)=O)C1. The van der Waals surface area contributed by atoms with Crippen molar-refractivity contribution >= 4 is 11.8 Å². The highest BCUT2D eigenvalue weighted by Gasteiger charge is 2.53. The lowest BCUT2D eigenvalue weighted by Gasteiger charge is -2.35. The average Bonchev–Trinajstić information content (AvgIpc) is 2.21. The van der Waals surface area contributed by atoms with Gasteiger partial charge in [-0.3, -0.25) is 9.59 Å². The van der Waals surface area contributed by atoms with Gasteiger partial charge >= 0.3 is 5.97 Å². The first kappa shape index (κ1) is 12.2. The summed E-state index contributed by atoms with van der Waals surface area (Å²) >= 11 is 0. The van der Waals surface area contributed by atoms with Crippen LogP contribution in [0.25, 0.3) is 0 Å². The van der Waals surface area contributed by atoms with Crippen LogP contribution in [0.1, 0.15) is 47.5 Å². The highest BCUT2D eigenvalue weighted by molar-refractivity contribution is 5.83. The molecule has 0 spiro atoms. The Kier molecular flexibility index (Phi) is 2.94. The molecule has 0 aromatic rings. The fraction of sp³-hybridized carbons (Fsp3) is 0.833. The van der Waals surface area contributed by atoms with E-state index in [4.69, 9.17) is 4.74 Å². The number of ether oxygens (including phenoxy) is 1. The number of ketones is 1. The monoisotopic (exact) mass is 212 g/mol. The zero-order valence-electron chi connectivity index (χ0n) is 10.2. The van der Waals surface area contributed by atoms with E-state index >= 15 is 0 Å². The summed E-state index contributed by atoms with van der Waals surface area (Å²) in [5.41, 5.74) is -0.466. The largest absolute Gasteiger partial charge is 0.463 e. The van der Waals surface area contributed by atoms with Gasteiger partial charge in [0, 0.05) is 12.3 Å². The van der Waals surface area contributed by atoms with Crippen molar-refractivity contribution < 1.29 is 14.3 Å². The van der Waals surface area contributed by atoms with Crippen LogP contribution in [0.2, 0.25) is 0 Å². The Morgan fingerprint density at radius 2 is 1.67 bits per heavy atom. The van der Waals surface area contributed by atoms with E-state index in [9.17, 15) is 9.59 Å². The molecule has 2 atom stereocenters. The van der Waals surface area contributed by atoms with E-state index in [0.29, 0.717) is 6.42 Å². The molecule has 0 heterocycles. The van der Waals surface area contributed by atoms with Gasteiger partial charge in [-0.1, -0.05) is 20.8 Å². The van der Waals surface area contributed by atoms with Crippen LogP contribution >= 0.6 is 0 Å². The Bertz CT molecular complexity index is 293. The molecule has 0 amide bonds. The molecule has 3 heteroatoms. The number of Topliss-reactive ketones (excluding diaryl/α,β-unsaturated/α-hetero) is 1. The van der Waals surface area contributed by atoms with Crippen molar-refractivity contribution in [3.8, 4) is 0 Å². The molecule has 3 nitrogen and oxygen atoms in total. The van der Waals surface area contributed by atoms with Crippen LogP contribution in [0.4, 0.5) is 0 Å². The molecule has 15 heavy (non-hydrogen) atoms. The first-order valence-electron chi connectivity index (χ1n) is 5.37. The van der Waals surface area contributed by atoms with Gasteiger partial charge in [0.2, 0.25) is 0 Å². The summed E-state index contributed by atoms with van der Waals surface area (Å²) in [5.74, 6) is -0.0780. The molecule has 1 rings (SSSR count). The van der Waals surface area contributed by atoms with Gasteiger partial charge in [0.05, 0.1) is 0 Å². The zero-order valence-corrected chi connectivity index (χ0v) is 10.2. The molecule has 1 aliphatic rings. The lowest BCUT2D eigenvalue weighted by Crippen LogP contribution is -2.36. The molecule has 0 saturated heterocycles. The number of carbonyl (C=O) groups is 2. The molecular formula is C12H20O3. The Hall–Kier alpha value is -0.860. The molecule has 0 radical (unpaired) electrons. The second-order valence-electron chi connectivity index (χ2n) is 5.41. The number of rotatable bonds is 2. The molecule has 0 unspecified atom stereocenters. The van der Waals surface area contributed by atoms with E-state index in [1.54, 1.807) is 6.92 Å². The van der Waals surface area contributed by atoms with Crippen molar-refractivity contribution in [1.82, 2.24) is 0 Å². The average molecular weight is 212 g/mol. The summed E-state index contributed by atoms with van der Waals surface area (Å²) in [4.78, 5) is 22.6. The third kappa shape index (κ3) is 2.06. The predicted molar refractivity (Wildman–Crippen MR) is 57.4 cm³/mol. The minimum Gasteiger partial charge on any atom is -0.463 e. The van der Waals surface area contributed by atoms with E-state index in [-0.39, 0.29) is 28.7 Å². The van der Waals surface area contributed by atoms with Crippen LogP contribution in [0.15, 0.2) is 0 Å². The smallest absolute Gasteiger partial charge is 0.302 e.